The molecule has 2 nitrogen and oxygen atoms in total. The lowest BCUT2D eigenvalue weighted by molar-refractivity contribution is 0.188. The zero-order valence-corrected chi connectivity index (χ0v) is 7.00. The quantitative estimate of drug-likeness (QED) is 0.653. The highest BCUT2D eigenvalue weighted by atomic mass is 16.3. The molecule has 1 saturated heterocycles. The molecule has 0 radical (unpaired) electrons. The van der Waals surface area contributed by atoms with Crippen molar-refractivity contribution < 1.29 is 5.11 Å². The molecule has 2 heteroatoms. The number of aliphatic hydroxyl groups excluding tert-OH is 1. The molecule has 1 aliphatic heterocycles. The molecule has 1 N–H and O–H groups in total. The lowest BCUT2D eigenvalue weighted by Crippen LogP contribution is -2.32. The summed E-state index contributed by atoms with van der Waals surface area (Å²) in [5.41, 5.74) is 0. The molecule has 0 unspecified atom stereocenters. The van der Waals surface area contributed by atoms with Gasteiger partial charge < -0.3 is 10.0 Å². The van der Waals surface area contributed by atoms with Gasteiger partial charge in [0.05, 0.1) is 0 Å². The molecule has 2 rings (SSSR count). The van der Waals surface area contributed by atoms with Gasteiger partial charge in [0.15, 0.2) is 0 Å². The summed E-state index contributed by atoms with van der Waals surface area (Å²) in [6.07, 6.45) is 5.24. The van der Waals surface area contributed by atoms with Gasteiger partial charge in [-0.15, -0.1) is 0 Å². The van der Waals surface area contributed by atoms with Gasteiger partial charge in [-0.3, -0.25) is 0 Å². The van der Waals surface area contributed by atoms with E-state index in [4.69, 9.17) is 5.11 Å². The molecule has 0 aromatic carbocycles. The van der Waals surface area contributed by atoms with E-state index in [0.717, 1.165) is 24.9 Å². The molecule has 64 valence electrons. The van der Waals surface area contributed by atoms with Gasteiger partial charge in [-0.2, -0.15) is 0 Å². The normalized spacial score (nSPS) is 36.8. The molecule has 2 atom stereocenters. The molecule has 11 heavy (non-hydrogen) atoms. The smallest absolute Gasteiger partial charge is 0.0443 e. The van der Waals surface area contributed by atoms with Crippen molar-refractivity contribution in [1.29, 1.82) is 0 Å². The summed E-state index contributed by atoms with van der Waals surface area (Å²) in [7, 11) is 0. The number of rotatable bonds is 3. The third-order valence-electron chi connectivity index (χ3n) is 2.98. The SMILES string of the molecule is OCCCN1CCC[C@@H]2C[C@@H]21. The Morgan fingerprint density at radius 1 is 1.45 bits per heavy atom. The van der Waals surface area contributed by atoms with Gasteiger partial charge in [0.1, 0.15) is 0 Å². The Kier molecular flexibility index (Phi) is 2.14. The summed E-state index contributed by atoms with van der Waals surface area (Å²) in [5.74, 6) is 1.03. The van der Waals surface area contributed by atoms with Crippen LogP contribution in [0.4, 0.5) is 0 Å². The highest BCUT2D eigenvalue weighted by molar-refractivity contribution is 4.97. The van der Waals surface area contributed by atoms with Crippen LogP contribution in [-0.2, 0) is 0 Å². The van der Waals surface area contributed by atoms with Crippen LogP contribution in [0.3, 0.4) is 0 Å². The van der Waals surface area contributed by atoms with Crippen LogP contribution < -0.4 is 0 Å². The summed E-state index contributed by atoms with van der Waals surface area (Å²) < 4.78 is 0. The van der Waals surface area contributed by atoms with Crippen molar-refractivity contribution in [3.05, 3.63) is 0 Å². The Bertz CT molecular complexity index is 138. The number of hydrogen-bond donors (Lipinski definition) is 1. The van der Waals surface area contributed by atoms with E-state index in [0.29, 0.717) is 6.61 Å². The third kappa shape index (κ3) is 1.57. The number of likely N-dealkylation sites (tertiary alicyclic amines) is 1. The molecule has 1 heterocycles. The molecular weight excluding hydrogens is 138 g/mol. The first-order valence-electron chi connectivity index (χ1n) is 4.76. The fourth-order valence-electron chi connectivity index (χ4n) is 2.26. The van der Waals surface area contributed by atoms with Crippen LogP contribution in [0, 0.1) is 5.92 Å². The fourth-order valence-corrected chi connectivity index (χ4v) is 2.26. The summed E-state index contributed by atoms with van der Waals surface area (Å²) in [6.45, 7) is 2.76. The average molecular weight is 155 g/mol. The average Bonchev–Trinajstić information content (AvgIpc) is 2.79. The summed E-state index contributed by atoms with van der Waals surface area (Å²) in [4.78, 5) is 2.56. The highest BCUT2D eigenvalue weighted by Crippen LogP contribution is 2.42. The number of hydrogen-bond acceptors (Lipinski definition) is 2. The Morgan fingerprint density at radius 3 is 3.18 bits per heavy atom. The third-order valence-corrected chi connectivity index (χ3v) is 2.98. The largest absolute Gasteiger partial charge is 0.396 e. The van der Waals surface area contributed by atoms with Crippen LogP contribution in [-0.4, -0.2) is 35.7 Å². The second-order valence-corrected chi connectivity index (χ2v) is 3.82. The van der Waals surface area contributed by atoms with Crippen molar-refractivity contribution in [2.24, 2.45) is 5.92 Å². The van der Waals surface area contributed by atoms with Crippen molar-refractivity contribution in [3.63, 3.8) is 0 Å². The van der Waals surface area contributed by atoms with E-state index in [1.165, 1.54) is 25.8 Å². The van der Waals surface area contributed by atoms with Gasteiger partial charge in [-0.05, 0) is 38.1 Å². The number of nitrogens with zero attached hydrogens (tertiary/aromatic N) is 1. The zero-order valence-electron chi connectivity index (χ0n) is 7.00. The van der Waals surface area contributed by atoms with Crippen LogP contribution in [0.25, 0.3) is 0 Å². The molecule has 1 saturated carbocycles. The first-order chi connectivity index (χ1) is 5.42. The van der Waals surface area contributed by atoms with Gasteiger partial charge in [0, 0.05) is 19.2 Å². The van der Waals surface area contributed by atoms with E-state index in [2.05, 4.69) is 4.90 Å². The molecule has 0 aromatic heterocycles. The number of piperidine rings is 1. The monoisotopic (exact) mass is 155 g/mol. The van der Waals surface area contributed by atoms with Gasteiger partial charge in [0.25, 0.3) is 0 Å². The fraction of sp³-hybridized carbons (Fsp3) is 1.00. The summed E-state index contributed by atoms with van der Waals surface area (Å²) in [5, 5.41) is 8.67. The molecule has 2 fully saturated rings. The van der Waals surface area contributed by atoms with Crippen molar-refractivity contribution in [2.75, 3.05) is 19.7 Å². The maximum Gasteiger partial charge on any atom is 0.0443 e. The molecule has 0 bridgehead atoms. The van der Waals surface area contributed by atoms with Crippen LogP contribution in [0.2, 0.25) is 0 Å². The van der Waals surface area contributed by atoms with Crippen molar-refractivity contribution in [2.45, 2.75) is 31.7 Å². The molecule has 0 spiro atoms. The zero-order chi connectivity index (χ0) is 7.68. The standard InChI is InChI=1S/C9H17NO/c11-6-2-5-10-4-1-3-8-7-9(8)10/h8-9,11H,1-7H2/t8-,9+/m1/s1. The summed E-state index contributed by atoms with van der Waals surface area (Å²) in [6, 6.07) is 0.912. The van der Waals surface area contributed by atoms with Gasteiger partial charge in [0.2, 0.25) is 0 Å². The predicted molar refractivity (Wildman–Crippen MR) is 44.4 cm³/mol. The van der Waals surface area contributed by atoms with Crippen LogP contribution in [0.5, 0.6) is 0 Å². The van der Waals surface area contributed by atoms with Crippen LogP contribution in [0.15, 0.2) is 0 Å². The van der Waals surface area contributed by atoms with E-state index in [1.807, 2.05) is 0 Å². The van der Waals surface area contributed by atoms with Crippen LogP contribution in [0.1, 0.15) is 25.7 Å². The summed E-state index contributed by atoms with van der Waals surface area (Å²) >= 11 is 0. The first-order valence-corrected chi connectivity index (χ1v) is 4.76. The lowest BCUT2D eigenvalue weighted by Gasteiger charge is -2.25. The minimum Gasteiger partial charge on any atom is -0.396 e. The topological polar surface area (TPSA) is 23.5 Å². The van der Waals surface area contributed by atoms with Crippen molar-refractivity contribution in [1.82, 2.24) is 4.90 Å². The van der Waals surface area contributed by atoms with Gasteiger partial charge >= 0.3 is 0 Å². The van der Waals surface area contributed by atoms with E-state index < -0.39 is 0 Å². The molecule has 0 aromatic rings. The lowest BCUT2D eigenvalue weighted by atomic mass is 10.1. The van der Waals surface area contributed by atoms with Crippen LogP contribution >= 0.6 is 0 Å². The van der Waals surface area contributed by atoms with E-state index in [9.17, 15) is 0 Å². The van der Waals surface area contributed by atoms with E-state index >= 15 is 0 Å². The Morgan fingerprint density at radius 2 is 2.36 bits per heavy atom. The van der Waals surface area contributed by atoms with Crippen molar-refractivity contribution in [3.8, 4) is 0 Å². The molecule has 2 aliphatic rings. The minimum atomic E-state index is 0.355. The van der Waals surface area contributed by atoms with Crippen molar-refractivity contribution >= 4 is 0 Å². The van der Waals surface area contributed by atoms with Gasteiger partial charge in [-0.1, -0.05) is 0 Å². The Labute approximate surface area is 68.2 Å². The minimum absolute atomic E-state index is 0.355. The first kappa shape index (κ1) is 7.56. The second-order valence-electron chi connectivity index (χ2n) is 3.82. The maximum atomic E-state index is 8.67. The maximum absolute atomic E-state index is 8.67. The number of aliphatic hydroxyl groups is 1. The van der Waals surface area contributed by atoms with E-state index in [-0.39, 0.29) is 0 Å². The van der Waals surface area contributed by atoms with E-state index in [1.54, 1.807) is 0 Å². The molecule has 1 aliphatic carbocycles. The highest BCUT2D eigenvalue weighted by Gasteiger charge is 2.43. The van der Waals surface area contributed by atoms with Gasteiger partial charge in [-0.25, -0.2) is 0 Å². The Hall–Kier alpha value is -0.0800. The molecule has 0 amide bonds. The molecular formula is C9H17NO. The second kappa shape index (κ2) is 3.11. The predicted octanol–water partition coefficient (Wildman–Crippen LogP) is 0.853. The number of fused-ring (bicyclic) bond motifs is 1. The Balaban J connectivity index is 1.75.